The van der Waals surface area contributed by atoms with Crippen molar-refractivity contribution in [2.45, 2.75) is 24.7 Å². The van der Waals surface area contributed by atoms with Crippen LogP contribution in [-0.4, -0.2) is 27.0 Å². The predicted molar refractivity (Wildman–Crippen MR) is 89.7 cm³/mol. The van der Waals surface area contributed by atoms with Crippen LogP contribution >= 0.6 is 0 Å². The lowest BCUT2D eigenvalue weighted by molar-refractivity contribution is 0.601. The number of sulfonamides is 1. The zero-order valence-electron chi connectivity index (χ0n) is 12.9. The molecule has 0 atom stereocenters. The van der Waals surface area contributed by atoms with E-state index in [0.717, 1.165) is 25.2 Å². The van der Waals surface area contributed by atoms with Crippen molar-refractivity contribution in [2.24, 2.45) is 0 Å². The molecule has 1 heterocycles. The Kier molecular flexibility index (Phi) is 5.38. The van der Waals surface area contributed by atoms with Crippen LogP contribution < -0.4 is 9.62 Å². The molecule has 22 heavy (non-hydrogen) atoms. The number of unbranched alkanes of at least 4 members (excludes halogenated alkanes) is 1. The standard InChI is InChI=1S/C16H21N3O2S/c1-3-4-12-19(2)16-11-10-14(13-17-16)18-22(20,21)15-8-6-5-7-9-15/h5-11,13,18H,3-4,12H2,1-2H3. The van der Waals surface area contributed by atoms with Gasteiger partial charge in [-0.25, -0.2) is 13.4 Å². The minimum atomic E-state index is -3.56. The van der Waals surface area contributed by atoms with Gasteiger partial charge in [-0.1, -0.05) is 31.5 Å². The molecule has 2 rings (SSSR count). The highest BCUT2D eigenvalue weighted by molar-refractivity contribution is 7.92. The summed E-state index contributed by atoms with van der Waals surface area (Å²) in [5, 5.41) is 0. The average molecular weight is 319 g/mol. The van der Waals surface area contributed by atoms with Gasteiger partial charge < -0.3 is 4.90 Å². The van der Waals surface area contributed by atoms with Crippen molar-refractivity contribution in [2.75, 3.05) is 23.2 Å². The number of rotatable bonds is 7. The maximum atomic E-state index is 12.2. The van der Waals surface area contributed by atoms with E-state index in [4.69, 9.17) is 0 Å². The summed E-state index contributed by atoms with van der Waals surface area (Å²) in [6.45, 7) is 3.07. The smallest absolute Gasteiger partial charge is 0.261 e. The molecule has 0 bridgehead atoms. The molecule has 0 aliphatic carbocycles. The van der Waals surface area contributed by atoms with Crippen LogP contribution in [0.4, 0.5) is 11.5 Å². The fourth-order valence-corrected chi connectivity index (χ4v) is 3.06. The number of nitrogens with one attached hydrogen (secondary N) is 1. The summed E-state index contributed by atoms with van der Waals surface area (Å²) in [6, 6.07) is 11.8. The summed E-state index contributed by atoms with van der Waals surface area (Å²) >= 11 is 0. The minimum Gasteiger partial charge on any atom is -0.360 e. The number of anilines is 2. The Balaban J connectivity index is 2.08. The SMILES string of the molecule is CCCCN(C)c1ccc(NS(=O)(=O)c2ccccc2)cn1. The Morgan fingerprint density at radius 2 is 1.86 bits per heavy atom. The van der Waals surface area contributed by atoms with Gasteiger partial charge in [-0.2, -0.15) is 0 Å². The molecule has 0 radical (unpaired) electrons. The van der Waals surface area contributed by atoms with E-state index < -0.39 is 10.0 Å². The molecule has 1 N–H and O–H groups in total. The first-order chi connectivity index (χ1) is 10.5. The normalized spacial score (nSPS) is 11.2. The summed E-state index contributed by atoms with van der Waals surface area (Å²) in [6.07, 6.45) is 3.76. The van der Waals surface area contributed by atoms with Crippen molar-refractivity contribution in [1.82, 2.24) is 4.98 Å². The fourth-order valence-electron chi connectivity index (χ4n) is 2.00. The molecule has 0 saturated carbocycles. The van der Waals surface area contributed by atoms with Gasteiger partial charge in [0.15, 0.2) is 0 Å². The number of pyridine rings is 1. The highest BCUT2D eigenvalue weighted by atomic mass is 32.2. The number of aromatic nitrogens is 1. The Labute approximate surface area is 132 Å². The van der Waals surface area contributed by atoms with Crippen molar-refractivity contribution in [1.29, 1.82) is 0 Å². The van der Waals surface area contributed by atoms with Gasteiger partial charge in [0, 0.05) is 13.6 Å². The lowest BCUT2D eigenvalue weighted by Gasteiger charge is -2.18. The second kappa shape index (κ2) is 7.26. The van der Waals surface area contributed by atoms with Crippen LogP contribution in [0.2, 0.25) is 0 Å². The average Bonchev–Trinajstić information content (AvgIpc) is 2.54. The highest BCUT2D eigenvalue weighted by Crippen LogP contribution is 2.17. The van der Waals surface area contributed by atoms with Gasteiger partial charge in [-0.05, 0) is 30.7 Å². The number of hydrogen-bond donors (Lipinski definition) is 1. The molecule has 5 nitrogen and oxygen atoms in total. The summed E-state index contributed by atoms with van der Waals surface area (Å²) in [7, 11) is -1.59. The molecule has 1 aromatic heterocycles. The molecule has 0 spiro atoms. The van der Waals surface area contributed by atoms with E-state index in [9.17, 15) is 8.42 Å². The Morgan fingerprint density at radius 1 is 1.14 bits per heavy atom. The Bertz CT molecular complexity index is 685. The predicted octanol–water partition coefficient (Wildman–Crippen LogP) is 3.12. The molecule has 118 valence electrons. The van der Waals surface area contributed by atoms with Crippen molar-refractivity contribution < 1.29 is 8.42 Å². The fraction of sp³-hybridized carbons (Fsp3) is 0.312. The van der Waals surface area contributed by atoms with Crippen LogP contribution in [0.25, 0.3) is 0 Å². The van der Waals surface area contributed by atoms with Crippen LogP contribution in [0.5, 0.6) is 0 Å². The molecule has 2 aromatic rings. The first kappa shape index (κ1) is 16.3. The second-order valence-electron chi connectivity index (χ2n) is 5.10. The zero-order valence-corrected chi connectivity index (χ0v) is 13.7. The van der Waals surface area contributed by atoms with Crippen molar-refractivity contribution in [3.8, 4) is 0 Å². The molecule has 0 fully saturated rings. The molecule has 0 aliphatic heterocycles. The topological polar surface area (TPSA) is 62.3 Å². The molecule has 0 unspecified atom stereocenters. The van der Waals surface area contributed by atoms with Crippen LogP contribution in [0.15, 0.2) is 53.6 Å². The molecule has 0 aliphatic rings. The van der Waals surface area contributed by atoms with E-state index in [1.165, 1.54) is 6.20 Å². The van der Waals surface area contributed by atoms with E-state index in [0.29, 0.717) is 5.69 Å². The molecule has 6 heteroatoms. The monoisotopic (exact) mass is 319 g/mol. The van der Waals surface area contributed by atoms with Crippen molar-refractivity contribution in [3.05, 3.63) is 48.7 Å². The van der Waals surface area contributed by atoms with Crippen LogP contribution in [0, 0.1) is 0 Å². The van der Waals surface area contributed by atoms with E-state index in [2.05, 4.69) is 21.5 Å². The number of hydrogen-bond acceptors (Lipinski definition) is 4. The lowest BCUT2D eigenvalue weighted by Crippen LogP contribution is -2.19. The quantitative estimate of drug-likeness (QED) is 0.852. The molecule has 1 aromatic carbocycles. The van der Waals surface area contributed by atoms with E-state index in [1.807, 2.05) is 13.1 Å². The Hall–Kier alpha value is -2.08. The van der Waals surface area contributed by atoms with E-state index in [-0.39, 0.29) is 4.90 Å². The summed E-state index contributed by atoms with van der Waals surface area (Å²) in [5.41, 5.74) is 0.455. The van der Waals surface area contributed by atoms with Crippen molar-refractivity contribution >= 4 is 21.5 Å². The first-order valence-corrected chi connectivity index (χ1v) is 8.76. The van der Waals surface area contributed by atoms with Gasteiger partial charge >= 0.3 is 0 Å². The largest absolute Gasteiger partial charge is 0.360 e. The molecule has 0 amide bonds. The van der Waals surface area contributed by atoms with Gasteiger partial charge in [0.2, 0.25) is 0 Å². The maximum Gasteiger partial charge on any atom is 0.261 e. The number of benzene rings is 1. The van der Waals surface area contributed by atoms with Gasteiger partial charge in [0.1, 0.15) is 5.82 Å². The van der Waals surface area contributed by atoms with Gasteiger partial charge in [-0.3, -0.25) is 4.72 Å². The third-order valence-corrected chi connectivity index (χ3v) is 4.69. The molecular weight excluding hydrogens is 298 g/mol. The van der Waals surface area contributed by atoms with Crippen molar-refractivity contribution in [3.63, 3.8) is 0 Å². The maximum absolute atomic E-state index is 12.2. The molecule has 0 saturated heterocycles. The number of nitrogens with zero attached hydrogens (tertiary/aromatic N) is 2. The van der Waals surface area contributed by atoms with Crippen LogP contribution in [0.1, 0.15) is 19.8 Å². The third-order valence-electron chi connectivity index (χ3n) is 3.29. The van der Waals surface area contributed by atoms with Crippen LogP contribution in [-0.2, 0) is 10.0 Å². The summed E-state index contributed by atoms with van der Waals surface area (Å²) in [4.78, 5) is 6.60. The first-order valence-electron chi connectivity index (χ1n) is 7.28. The zero-order chi connectivity index (χ0) is 16.0. The summed E-state index contributed by atoms with van der Waals surface area (Å²) < 4.78 is 27.0. The Morgan fingerprint density at radius 3 is 2.45 bits per heavy atom. The third kappa shape index (κ3) is 4.21. The second-order valence-corrected chi connectivity index (χ2v) is 6.78. The highest BCUT2D eigenvalue weighted by Gasteiger charge is 2.13. The lowest BCUT2D eigenvalue weighted by atomic mass is 10.3. The van der Waals surface area contributed by atoms with Crippen LogP contribution in [0.3, 0.4) is 0 Å². The van der Waals surface area contributed by atoms with E-state index >= 15 is 0 Å². The molecular formula is C16H21N3O2S. The van der Waals surface area contributed by atoms with E-state index in [1.54, 1.807) is 36.4 Å². The van der Waals surface area contributed by atoms with Gasteiger partial charge in [0.05, 0.1) is 16.8 Å². The minimum absolute atomic E-state index is 0.235. The van der Waals surface area contributed by atoms with Gasteiger partial charge in [-0.15, -0.1) is 0 Å². The van der Waals surface area contributed by atoms with Gasteiger partial charge in [0.25, 0.3) is 10.0 Å². The summed E-state index contributed by atoms with van der Waals surface area (Å²) in [5.74, 6) is 0.830.